The molecule has 9 heterocycles. The highest BCUT2D eigenvalue weighted by atomic mass is 16.5. The fraction of sp³-hybridized carbons (Fsp3) is 0.336. The molecule has 17 rings (SSSR count). The van der Waals surface area contributed by atoms with Crippen LogP contribution in [0.4, 0.5) is 0 Å². The number of pyridine rings is 1. The van der Waals surface area contributed by atoms with E-state index in [1.165, 1.54) is 54.6 Å². The Hall–Kier alpha value is -15.2. The van der Waals surface area contributed by atoms with Crippen molar-refractivity contribution < 1.29 is 63.8 Å². The maximum atomic E-state index is 12.1. The van der Waals surface area contributed by atoms with Crippen molar-refractivity contribution in [2.75, 3.05) is 54.1 Å². The van der Waals surface area contributed by atoms with Gasteiger partial charge in [-0.05, 0) is 241 Å². The van der Waals surface area contributed by atoms with E-state index in [0.717, 1.165) is 130 Å². The highest BCUT2D eigenvalue weighted by Crippen LogP contribution is 2.39. The van der Waals surface area contributed by atoms with Gasteiger partial charge in [0.2, 0.25) is 5.91 Å². The fourth-order valence-electron chi connectivity index (χ4n) is 18.1. The molecule has 0 saturated carbocycles. The van der Waals surface area contributed by atoms with Crippen molar-refractivity contribution in [3.05, 3.63) is 308 Å². The highest BCUT2D eigenvalue weighted by Gasteiger charge is 2.26. The summed E-state index contributed by atoms with van der Waals surface area (Å²) in [6.07, 6.45) is 13.5. The molecular formula is C113H128N14O13. The van der Waals surface area contributed by atoms with Crippen LogP contribution in [0.1, 0.15) is 262 Å². The molecule has 16 aromatic rings. The summed E-state index contributed by atoms with van der Waals surface area (Å²) in [5, 5.41) is 75.6. The first kappa shape index (κ1) is 104. The summed E-state index contributed by atoms with van der Waals surface area (Å²) in [5.41, 5.74) is 21.6. The zero-order valence-electron chi connectivity index (χ0n) is 83.5. The van der Waals surface area contributed by atoms with Crippen LogP contribution in [0.3, 0.4) is 0 Å². The topological polar surface area (TPSA) is 349 Å². The van der Waals surface area contributed by atoms with E-state index in [1.54, 1.807) is 119 Å². The second kappa shape index (κ2) is 46.3. The summed E-state index contributed by atoms with van der Waals surface area (Å²) in [5.74, 6) is -1.05. The molecule has 8 aromatic carbocycles. The first-order valence-corrected chi connectivity index (χ1v) is 47.5. The van der Waals surface area contributed by atoms with Crippen molar-refractivity contribution in [3.8, 4) is 29.3 Å². The molecule has 27 heteroatoms. The average Bonchev–Trinajstić information content (AvgIpc) is 1.61. The largest absolute Gasteiger partial charge is 0.492 e. The summed E-state index contributed by atoms with van der Waals surface area (Å²) in [4.78, 5) is 82.1. The summed E-state index contributed by atoms with van der Waals surface area (Å²) < 4.78 is 24.6. The van der Waals surface area contributed by atoms with Gasteiger partial charge in [0.25, 0.3) is 0 Å². The van der Waals surface area contributed by atoms with Crippen molar-refractivity contribution >= 4 is 101 Å². The minimum atomic E-state index is -0.972. The third-order valence-corrected chi connectivity index (χ3v) is 25.3. The van der Waals surface area contributed by atoms with Gasteiger partial charge >= 0.3 is 29.8 Å². The van der Waals surface area contributed by atoms with Gasteiger partial charge in [-0.1, -0.05) is 155 Å². The highest BCUT2D eigenvalue weighted by molar-refractivity contribution is 6.00. The van der Waals surface area contributed by atoms with E-state index in [0.29, 0.717) is 96.0 Å². The number of ether oxygens (including phenoxy) is 2. The van der Waals surface area contributed by atoms with Gasteiger partial charge in [-0.2, -0.15) is 15.6 Å². The SMILES string of the molecule is CC(C)c1cc(OCCN2CCCCC2)cc2cc(C(=O)O)n(C)c12.CC(C)c1cn(CC(=O)N(C)C)c2ccc(-c3ncn(C)n3)cc12.CC(C)c1cn(Cc2ccccc2)c2ccc(C(=O)O)cc12.COCCn1cc(C(C)C)c2cc(C(=O)O)ccc21.Cc1cc(C(C)C)c2c(c1)cc(C(=O)O)n2Cc1cc(C#N)ccn1.Cc1cc(C(C)C)c2c(c1)cc(C(=O)O)n2Cc1cccc(C#N)c1. The van der Waals surface area contributed by atoms with Gasteiger partial charge in [0, 0.05) is 141 Å². The molecule has 1 amide bonds. The van der Waals surface area contributed by atoms with Gasteiger partial charge in [-0.15, -0.1) is 0 Å². The Bertz CT molecular complexity index is 7120. The van der Waals surface area contributed by atoms with Gasteiger partial charge < -0.3 is 67.3 Å². The van der Waals surface area contributed by atoms with Gasteiger partial charge in [-0.3, -0.25) is 19.4 Å². The molecule has 0 unspecified atom stereocenters. The molecule has 0 radical (unpaired) electrons. The molecule has 1 aliphatic rings. The third-order valence-electron chi connectivity index (χ3n) is 25.3. The van der Waals surface area contributed by atoms with E-state index in [-0.39, 0.29) is 29.1 Å². The number of hydrogen-bond acceptors (Lipinski definition) is 14. The first-order chi connectivity index (χ1) is 66.7. The van der Waals surface area contributed by atoms with E-state index in [1.807, 2.05) is 104 Å². The predicted molar refractivity (Wildman–Crippen MR) is 552 cm³/mol. The molecule has 1 saturated heterocycles. The number of carbonyl (C=O) groups excluding carboxylic acids is 1. The molecule has 140 heavy (non-hydrogen) atoms. The van der Waals surface area contributed by atoms with Crippen molar-refractivity contribution in [2.45, 2.75) is 184 Å². The lowest BCUT2D eigenvalue weighted by Crippen LogP contribution is -2.33. The lowest BCUT2D eigenvalue weighted by atomic mass is 9.98. The molecule has 1 fully saturated rings. The number of aromatic carboxylic acids is 5. The summed E-state index contributed by atoms with van der Waals surface area (Å²) in [6.45, 7) is 36.8. The minimum Gasteiger partial charge on any atom is -0.492 e. The molecule has 0 aliphatic carbocycles. The molecule has 8 aromatic heterocycles. The molecule has 0 atom stereocenters. The van der Waals surface area contributed by atoms with E-state index in [2.05, 4.69) is 185 Å². The van der Waals surface area contributed by atoms with Gasteiger partial charge in [0.05, 0.1) is 69.8 Å². The fourth-order valence-corrected chi connectivity index (χ4v) is 18.1. The van der Waals surface area contributed by atoms with Crippen LogP contribution in [0.15, 0.2) is 207 Å². The number of carbonyl (C=O) groups is 6. The predicted octanol–water partition coefficient (Wildman–Crippen LogP) is 22.9. The van der Waals surface area contributed by atoms with Crippen LogP contribution >= 0.6 is 0 Å². The van der Waals surface area contributed by atoms with Crippen LogP contribution in [0.2, 0.25) is 0 Å². The lowest BCUT2D eigenvalue weighted by Gasteiger charge is -2.26. The summed E-state index contributed by atoms with van der Waals surface area (Å²) in [6, 6.07) is 59.5. The monoisotopic (exact) mass is 1890 g/mol. The number of aryl methyl sites for hydroxylation is 4. The van der Waals surface area contributed by atoms with Crippen LogP contribution in [-0.4, -0.2) is 172 Å². The Morgan fingerprint density at radius 2 is 0.936 bits per heavy atom. The summed E-state index contributed by atoms with van der Waals surface area (Å²) >= 11 is 0. The second-order valence-corrected chi connectivity index (χ2v) is 37.9. The van der Waals surface area contributed by atoms with Crippen molar-refractivity contribution in [1.82, 2.24) is 57.0 Å². The van der Waals surface area contributed by atoms with Gasteiger partial charge in [0.15, 0.2) is 5.82 Å². The third kappa shape index (κ3) is 24.8. The number of rotatable bonds is 27. The van der Waals surface area contributed by atoms with Crippen LogP contribution in [0.5, 0.6) is 5.75 Å². The molecule has 5 N–H and O–H groups in total. The van der Waals surface area contributed by atoms with Crippen LogP contribution in [-0.2, 0) is 56.4 Å². The van der Waals surface area contributed by atoms with Crippen LogP contribution < -0.4 is 4.74 Å². The normalized spacial score (nSPS) is 12.0. The zero-order chi connectivity index (χ0) is 101. The molecule has 1 aliphatic heterocycles. The van der Waals surface area contributed by atoms with Crippen molar-refractivity contribution in [3.63, 3.8) is 0 Å². The Kier molecular flexibility index (Phi) is 34.3. The second-order valence-electron chi connectivity index (χ2n) is 37.9. The molecule has 0 bridgehead atoms. The molecule has 728 valence electrons. The van der Waals surface area contributed by atoms with Gasteiger partial charge in [0.1, 0.15) is 42.3 Å². The quantitative estimate of drug-likeness (QED) is 0.0319. The smallest absolute Gasteiger partial charge is 0.352 e. The average molecular weight is 1890 g/mol. The van der Waals surface area contributed by atoms with Crippen molar-refractivity contribution in [2.24, 2.45) is 14.1 Å². The number of methoxy groups -OCH3 is 1. The minimum absolute atomic E-state index is 0.0812. The number of aromatic nitrogens is 10. The Labute approximate surface area is 817 Å². The van der Waals surface area contributed by atoms with Crippen LogP contribution in [0, 0.1) is 36.5 Å². The number of nitriles is 2. The Balaban J connectivity index is 0.000000151. The lowest BCUT2D eigenvalue weighted by molar-refractivity contribution is -0.129. The number of hydrogen-bond donors (Lipinski definition) is 5. The first-order valence-electron chi connectivity index (χ1n) is 47.5. The molecule has 27 nitrogen and oxygen atoms in total. The maximum absolute atomic E-state index is 12.1. The van der Waals surface area contributed by atoms with Crippen molar-refractivity contribution in [1.29, 1.82) is 10.5 Å². The van der Waals surface area contributed by atoms with Crippen LogP contribution in [0.25, 0.3) is 76.8 Å². The van der Waals surface area contributed by atoms with E-state index in [4.69, 9.17) is 25.1 Å². The number of piperidine rings is 1. The number of benzene rings is 8. The van der Waals surface area contributed by atoms with E-state index in [9.17, 15) is 49.2 Å². The number of carboxylic acids is 5. The Morgan fingerprint density at radius 1 is 0.450 bits per heavy atom. The number of fused-ring (bicyclic) bond motifs is 6. The maximum Gasteiger partial charge on any atom is 0.352 e. The summed E-state index contributed by atoms with van der Waals surface area (Å²) in [7, 11) is 8.91. The molecular weight excluding hydrogens is 1760 g/mol. The van der Waals surface area contributed by atoms with E-state index >= 15 is 0 Å². The zero-order valence-corrected chi connectivity index (χ0v) is 83.5. The number of likely N-dealkylation sites (tertiary alicyclic amines) is 1. The Morgan fingerprint density at radius 3 is 1.45 bits per heavy atom. The number of nitrogens with zero attached hydrogens (tertiary/aromatic N) is 14. The van der Waals surface area contributed by atoms with Gasteiger partial charge in [-0.25, -0.2) is 29.0 Å². The standard InChI is InChI=1S/C21H20N2O2.C20H19N3O2.C20H28N2O3.C19H19NO2.C18H23N5O.C15H19NO3/c1-13(2)18-8-14(3)7-17-10-19(21(24)25)23(20(17)18)12-16-6-4-5-15(9-16)11-22;1-12(2)17-7-13(3)6-15-9-18(20(24)25)23(19(15)17)11-16-8-14(10-21)4-5-22-16;1-14(2)17-13-16(25-10-9-22-7-5-4-6-8-22)11-15-12-18(20(23)24)21(3)19(15)17;1-13(2)17-12-20(11-14-6-4-3-5-7-14)18-9-8-15(19(21)22)10-16(17)18;1-12(2)15-9-23(10-17(24)21(3)4)16-7-6-13(8-14(15)16)18-19-11-22(5)20-18;1-10(2)13-9-16(6-7-19-3)14-5-4-11(15(17)18)8-12(13)14/h4-10,13H,12H2,1-3H3,(H,24,25);4-9,12H,11H2,1-3H3,(H,24,25);11-14H,4-10H2,1-3H3,(H,23,24);3-10,12-13H,11H2,1-2H3,(H,21,22);6-9,11-12H,10H2,1-5H3;4-5,8-10H,6-7H2,1-3H3,(H,17,18). The number of amides is 1. The number of likely N-dealkylation sites (N-methyl/N-ethyl adjacent to an activating group) is 1. The van der Waals surface area contributed by atoms with E-state index < -0.39 is 29.8 Å². The number of carboxylic acid groups (broad SMARTS) is 5. The molecule has 0 spiro atoms.